The van der Waals surface area contributed by atoms with Crippen LogP contribution in [0.2, 0.25) is 0 Å². The Morgan fingerprint density at radius 2 is 1.67 bits per heavy atom. The van der Waals surface area contributed by atoms with Crippen LogP contribution in [0.25, 0.3) is 0 Å². The summed E-state index contributed by atoms with van der Waals surface area (Å²) in [6.45, 7) is 6.27. The number of hydrogen-bond acceptors (Lipinski definition) is 8. The number of nitrogens with zero attached hydrogens (tertiary/aromatic N) is 1. The van der Waals surface area contributed by atoms with Crippen LogP contribution in [0.4, 0.5) is 8.78 Å². The molecule has 3 atom stereocenters. The number of halogens is 2. The average molecular weight is 662 g/mol. The third-order valence-electron chi connectivity index (χ3n) is 7.69. The molecule has 0 radical (unpaired) electrons. The molecule has 5 N–H and O–H groups in total. The van der Waals surface area contributed by atoms with Crippen LogP contribution in [0.3, 0.4) is 0 Å². The molecule has 0 unspecified atom stereocenters. The number of amides is 1. The lowest BCUT2D eigenvalue weighted by molar-refractivity contribution is -0.151. The number of aryl methyl sites for hydroxylation is 1. The standard InChI is InChI=1S/C33H45F2N5O5S/c1-4-8-28(9-5-2)46(43,44)21-30(40-32(41)25-18-38-39-19-25)33(42)45-31(20-37-17-23-11-7-10-22(6-3)12-23)29(36)15-24-13-26(34)16-27(35)14-24/h7,10-14,16,18-19,28-31,37H,4-6,8-9,15,17,20-21,36H2,1-3H3,(H,38,39)(H,40,41)/t29-,30-,31+/m0/s1. The fraction of sp³-hybridized carbons (Fsp3) is 0.485. The Morgan fingerprint density at radius 1 is 1.00 bits per heavy atom. The lowest BCUT2D eigenvalue weighted by atomic mass is 10.0. The molecule has 3 aromatic rings. The first-order valence-electron chi connectivity index (χ1n) is 15.7. The number of aromatic amines is 1. The van der Waals surface area contributed by atoms with Gasteiger partial charge in [0.1, 0.15) is 23.8 Å². The molecule has 46 heavy (non-hydrogen) atoms. The van der Waals surface area contributed by atoms with Crippen molar-refractivity contribution in [2.45, 2.75) is 89.3 Å². The molecule has 0 aliphatic heterocycles. The second-order valence-corrected chi connectivity index (χ2v) is 13.8. The number of sulfone groups is 1. The van der Waals surface area contributed by atoms with Gasteiger partial charge in [0.2, 0.25) is 0 Å². The predicted octanol–water partition coefficient (Wildman–Crippen LogP) is 4.00. The predicted molar refractivity (Wildman–Crippen MR) is 173 cm³/mol. The zero-order valence-electron chi connectivity index (χ0n) is 26.6. The van der Waals surface area contributed by atoms with E-state index in [0.29, 0.717) is 32.2 Å². The van der Waals surface area contributed by atoms with E-state index in [1.807, 2.05) is 45.0 Å². The zero-order valence-corrected chi connectivity index (χ0v) is 27.4. The number of aromatic nitrogens is 2. The number of nitrogens with one attached hydrogen (secondary N) is 3. The van der Waals surface area contributed by atoms with Gasteiger partial charge in [-0.2, -0.15) is 5.10 Å². The van der Waals surface area contributed by atoms with Crippen molar-refractivity contribution in [1.82, 2.24) is 20.8 Å². The number of H-pyrrole nitrogens is 1. The maximum atomic E-state index is 13.9. The lowest BCUT2D eigenvalue weighted by Crippen LogP contribution is -2.52. The maximum Gasteiger partial charge on any atom is 0.330 e. The molecule has 0 bridgehead atoms. The van der Waals surface area contributed by atoms with Crippen molar-refractivity contribution < 1.29 is 31.5 Å². The summed E-state index contributed by atoms with van der Waals surface area (Å²) in [5.41, 5.74) is 8.97. The highest BCUT2D eigenvalue weighted by Crippen LogP contribution is 2.18. The van der Waals surface area contributed by atoms with Crippen molar-refractivity contribution in [1.29, 1.82) is 0 Å². The Balaban J connectivity index is 1.86. The van der Waals surface area contributed by atoms with E-state index in [0.717, 1.165) is 35.7 Å². The number of benzene rings is 2. The Morgan fingerprint density at radius 3 is 2.28 bits per heavy atom. The van der Waals surface area contributed by atoms with Crippen molar-refractivity contribution in [2.24, 2.45) is 5.73 Å². The van der Waals surface area contributed by atoms with Gasteiger partial charge >= 0.3 is 5.97 Å². The summed E-state index contributed by atoms with van der Waals surface area (Å²) in [7, 11) is -3.85. The molecule has 0 saturated heterocycles. The van der Waals surface area contributed by atoms with Crippen LogP contribution in [0.5, 0.6) is 0 Å². The van der Waals surface area contributed by atoms with E-state index in [1.54, 1.807) is 0 Å². The Hall–Kier alpha value is -3.68. The molecule has 0 aliphatic rings. The molecule has 0 saturated carbocycles. The highest BCUT2D eigenvalue weighted by atomic mass is 32.2. The normalized spacial score (nSPS) is 13.7. The highest BCUT2D eigenvalue weighted by Gasteiger charge is 2.35. The molecule has 13 heteroatoms. The Labute approximate surface area is 269 Å². The molecule has 10 nitrogen and oxygen atoms in total. The van der Waals surface area contributed by atoms with Gasteiger partial charge in [-0.1, -0.05) is 57.9 Å². The summed E-state index contributed by atoms with van der Waals surface area (Å²) < 4.78 is 60.7. The minimum absolute atomic E-state index is 0.0426. The summed E-state index contributed by atoms with van der Waals surface area (Å²) in [5.74, 6) is -3.92. The molecule has 3 rings (SSSR count). The number of ether oxygens (including phenoxy) is 1. The highest BCUT2D eigenvalue weighted by molar-refractivity contribution is 7.92. The Kier molecular flexibility index (Phi) is 14.3. The van der Waals surface area contributed by atoms with E-state index < -0.39 is 62.5 Å². The first-order chi connectivity index (χ1) is 21.9. The molecule has 1 aromatic heterocycles. The molecule has 1 heterocycles. The lowest BCUT2D eigenvalue weighted by Gasteiger charge is -2.28. The zero-order chi connectivity index (χ0) is 33.7. The van der Waals surface area contributed by atoms with Crippen molar-refractivity contribution >= 4 is 21.7 Å². The maximum absolute atomic E-state index is 13.9. The smallest absolute Gasteiger partial charge is 0.330 e. The molecule has 1 amide bonds. The van der Waals surface area contributed by atoms with Gasteiger partial charge in [0, 0.05) is 31.4 Å². The third kappa shape index (κ3) is 11.3. The molecule has 252 valence electrons. The van der Waals surface area contributed by atoms with Crippen molar-refractivity contribution in [3.8, 4) is 0 Å². The van der Waals surface area contributed by atoms with Gasteiger partial charge in [0.05, 0.1) is 22.8 Å². The van der Waals surface area contributed by atoms with E-state index in [1.165, 1.54) is 12.4 Å². The van der Waals surface area contributed by atoms with Crippen LogP contribution in [0.1, 0.15) is 73.5 Å². The molecule has 0 spiro atoms. The first-order valence-corrected chi connectivity index (χ1v) is 17.4. The van der Waals surface area contributed by atoms with E-state index in [9.17, 15) is 26.8 Å². The van der Waals surface area contributed by atoms with Crippen LogP contribution < -0.4 is 16.4 Å². The summed E-state index contributed by atoms with van der Waals surface area (Å²) in [6.07, 6.45) is 4.41. The van der Waals surface area contributed by atoms with Crippen LogP contribution in [-0.4, -0.2) is 66.2 Å². The minimum atomic E-state index is -3.85. The monoisotopic (exact) mass is 661 g/mol. The SMILES string of the molecule is CCCC(CCC)S(=O)(=O)C[C@H](NC(=O)c1cn[nH]c1)C(=O)O[C@H](CNCc1cccc(CC)c1)[C@@H](N)Cc1cc(F)cc(F)c1. The first kappa shape index (κ1) is 36.8. The number of carbonyl (C=O) groups excluding carboxylic acids is 2. The van der Waals surface area contributed by atoms with Crippen molar-refractivity contribution in [3.63, 3.8) is 0 Å². The molecular weight excluding hydrogens is 616 g/mol. The van der Waals surface area contributed by atoms with Gasteiger partial charge in [-0.3, -0.25) is 9.89 Å². The van der Waals surface area contributed by atoms with Gasteiger partial charge in [0.15, 0.2) is 9.84 Å². The topological polar surface area (TPSA) is 156 Å². The molecule has 2 aromatic carbocycles. The number of rotatable bonds is 19. The number of nitrogens with two attached hydrogens (primary N) is 1. The number of hydrogen-bond donors (Lipinski definition) is 4. The van der Waals surface area contributed by atoms with Crippen LogP contribution in [-0.2, 0) is 38.8 Å². The van der Waals surface area contributed by atoms with E-state index >= 15 is 0 Å². The van der Waals surface area contributed by atoms with Gasteiger partial charge < -0.3 is 21.1 Å². The largest absolute Gasteiger partial charge is 0.458 e. The fourth-order valence-electron chi connectivity index (χ4n) is 5.26. The van der Waals surface area contributed by atoms with Crippen molar-refractivity contribution in [2.75, 3.05) is 12.3 Å². The fourth-order valence-corrected chi connectivity index (χ4v) is 7.41. The van der Waals surface area contributed by atoms with E-state index in [4.69, 9.17) is 10.5 Å². The van der Waals surface area contributed by atoms with E-state index in [-0.39, 0.29) is 24.1 Å². The van der Waals surface area contributed by atoms with Gasteiger partial charge in [0.25, 0.3) is 5.91 Å². The minimum Gasteiger partial charge on any atom is -0.458 e. The summed E-state index contributed by atoms with van der Waals surface area (Å²) >= 11 is 0. The second kappa shape index (κ2) is 17.9. The van der Waals surface area contributed by atoms with Crippen LogP contribution in [0.15, 0.2) is 54.9 Å². The average Bonchev–Trinajstić information content (AvgIpc) is 3.55. The van der Waals surface area contributed by atoms with E-state index in [2.05, 4.69) is 20.8 Å². The molecule has 0 aliphatic carbocycles. The third-order valence-corrected chi connectivity index (χ3v) is 9.98. The molecular formula is C33H45F2N5O5S. The van der Waals surface area contributed by atoms with Gasteiger partial charge in [-0.15, -0.1) is 0 Å². The molecule has 0 fully saturated rings. The van der Waals surface area contributed by atoms with Gasteiger partial charge in [-0.25, -0.2) is 22.0 Å². The Bertz CT molecular complexity index is 1490. The number of carbonyl (C=O) groups is 2. The summed E-state index contributed by atoms with van der Waals surface area (Å²) in [5, 5.41) is 11.3. The second-order valence-electron chi connectivity index (χ2n) is 11.5. The number of esters is 1. The van der Waals surface area contributed by atoms with Gasteiger partial charge in [-0.05, 0) is 54.5 Å². The quantitative estimate of drug-likeness (QED) is 0.141. The summed E-state index contributed by atoms with van der Waals surface area (Å²) in [4.78, 5) is 26.7. The van der Waals surface area contributed by atoms with Crippen LogP contribution in [0, 0.1) is 11.6 Å². The summed E-state index contributed by atoms with van der Waals surface area (Å²) in [6, 6.07) is 8.49. The van der Waals surface area contributed by atoms with Crippen LogP contribution >= 0.6 is 0 Å². The van der Waals surface area contributed by atoms with Crippen molar-refractivity contribution in [3.05, 3.63) is 88.7 Å².